The first kappa shape index (κ1) is 20.0. The first-order chi connectivity index (χ1) is 14.0. The van der Waals surface area contributed by atoms with Crippen LogP contribution in [0.5, 0.6) is 0 Å². The van der Waals surface area contributed by atoms with Crippen molar-refractivity contribution in [2.75, 3.05) is 13.2 Å². The Kier molecular flexibility index (Phi) is 5.09. The zero-order valence-corrected chi connectivity index (χ0v) is 18.3. The summed E-state index contributed by atoms with van der Waals surface area (Å²) in [5.41, 5.74) is -0.445. The van der Waals surface area contributed by atoms with Crippen LogP contribution in [0.1, 0.15) is 52.4 Å². The van der Waals surface area contributed by atoms with Gasteiger partial charge in [-0.3, -0.25) is 0 Å². The van der Waals surface area contributed by atoms with Crippen molar-refractivity contribution in [3.05, 3.63) is 30.3 Å². The van der Waals surface area contributed by atoms with Crippen molar-refractivity contribution in [1.82, 2.24) is 0 Å². The molecule has 1 unspecified atom stereocenters. The molecule has 5 rings (SSSR count). The summed E-state index contributed by atoms with van der Waals surface area (Å²) >= 11 is 1.82. The summed E-state index contributed by atoms with van der Waals surface area (Å²) < 4.78 is 19.0. The number of carbonyl (C=O) groups excluding carboxylic acids is 1. The van der Waals surface area contributed by atoms with Gasteiger partial charge in [0.05, 0.1) is 13.2 Å². The van der Waals surface area contributed by atoms with Crippen LogP contribution in [0.15, 0.2) is 35.2 Å². The zero-order valence-electron chi connectivity index (χ0n) is 17.5. The van der Waals surface area contributed by atoms with Crippen LogP contribution in [0.4, 0.5) is 0 Å². The normalized spacial score (nSPS) is 45.0. The maximum Gasteiger partial charge on any atom is 0.187 e. The third-order valence-electron chi connectivity index (χ3n) is 8.31. The molecule has 4 nitrogen and oxygen atoms in total. The van der Waals surface area contributed by atoms with Gasteiger partial charge in [-0.2, -0.15) is 0 Å². The van der Waals surface area contributed by atoms with Crippen LogP contribution in [0, 0.1) is 22.7 Å². The van der Waals surface area contributed by atoms with Crippen molar-refractivity contribution < 1.29 is 19.0 Å². The second-order valence-corrected chi connectivity index (χ2v) is 11.1. The summed E-state index contributed by atoms with van der Waals surface area (Å²) in [6.45, 7) is 5.89. The minimum Gasteiger partial charge on any atom is -0.355 e. The summed E-state index contributed by atoms with van der Waals surface area (Å²) in [6.07, 6.45) is 7.16. The summed E-state index contributed by atoms with van der Waals surface area (Å²) in [6, 6.07) is 10.5. The van der Waals surface area contributed by atoms with E-state index in [0.717, 1.165) is 38.5 Å². The summed E-state index contributed by atoms with van der Waals surface area (Å²) in [7, 11) is 0. The number of rotatable bonds is 4. The third-order valence-corrected chi connectivity index (χ3v) is 9.41. The van der Waals surface area contributed by atoms with Gasteiger partial charge in [0, 0.05) is 16.2 Å². The minimum atomic E-state index is -0.394. The van der Waals surface area contributed by atoms with E-state index in [0.29, 0.717) is 25.0 Å². The van der Waals surface area contributed by atoms with Crippen molar-refractivity contribution in [2.24, 2.45) is 22.7 Å². The highest BCUT2D eigenvalue weighted by atomic mass is 32.2. The predicted octanol–water partition coefficient (Wildman–Crippen LogP) is 5.06. The van der Waals surface area contributed by atoms with Gasteiger partial charge in [-0.05, 0) is 55.6 Å². The van der Waals surface area contributed by atoms with Gasteiger partial charge in [-0.25, -0.2) is 0 Å². The van der Waals surface area contributed by atoms with E-state index < -0.39 is 5.60 Å². The van der Waals surface area contributed by atoms with Gasteiger partial charge in [0.15, 0.2) is 6.29 Å². The highest BCUT2D eigenvalue weighted by Gasteiger charge is 2.68. The van der Waals surface area contributed by atoms with E-state index >= 15 is 0 Å². The van der Waals surface area contributed by atoms with E-state index in [2.05, 4.69) is 44.2 Å². The van der Waals surface area contributed by atoms with Gasteiger partial charge in [-0.15, -0.1) is 0 Å². The number of benzene rings is 1. The molecule has 29 heavy (non-hydrogen) atoms. The zero-order chi connectivity index (χ0) is 20.1. The average Bonchev–Trinajstić information content (AvgIpc) is 3.38. The van der Waals surface area contributed by atoms with E-state index in [9.17, 15) is 4.79 Å². The number of ether oxygens (including phenoxy) is 3. The number of hydrogen-bond acceptors (Lipinski definition) is 5. The Morgan fingerprint density at radius 2 is 1.79 bits per heavy atom. The summed E-state index contributed by atoms with van der Waals surface area (Å²) in [5.74, 6) is 0.752. The molecule has 1 aromatic rings. The van der Waals surface area contributed by atoms with Gasteiger partial charge in [0.2, 0.25) is 0 Å². The lowest BCUT2D eigenvalue weighted by molar-refractivity contribution is -0.250. The number of fused-ring (bicyclic) bond motifs is 3. The van der Waals surface area contributed by atoms with Gasteiger partial charge in [0.1, 0.15) is 17.3 Å². The van der Waals surface area contributed by atoms with Crippen LogP contribution in [-0.4, -0.2) is 36.8 Å². The molecule has 2 aliphatic carbocycles. The molecule has 2 heterocycles. The van der Waals surface area contributed by atoms with E-state index in [1.165, 1.54) is 11.2 Å². The van der Waals surface area contributed by atoms with Crippen LogP contribution in [-0.2, 0) is 19.0 Å². The number of hydrogen-bond donors (Lipinski definition) is 0. The molecular weight excluding hydrogens is 384 g/mol. The van der Waals surface area contributed by atoms with Crippen LogP contribution in [0.2, 0.25) is 0 Å². The molecule has 4 aliphatic rings. The van der Waals surface area contributed by atoms with E-state index in [4.69, 9.17) is 14.2 Å². The molecule has 2 saturated carbocycles. The standard InChI is InChI=1S/C24H32O4S/c1-22(16-25)10-6-11-23(2)18(22)9-12-24(21-26-13-14-27-21)19(23)15-20(28-24)29-17-7-4-3-5-8-17/h3-5,7-8,16,18-21H,6,9-15H2,1-2H3/t18-,19+,20?,22-,23-,24+/m0/s1. The van der Waals surface area contributed by atoms with Crippen LogP contribution >= 0.6 is 11.8 Å². The molecule has 1 aromatic carbocycles. The lowest BCUT2D eigenvalue weighted by Gasteiger charge is -2.60. The monoisotopic (exact) mass is 416 g/mol. The first-order valence-corrected chi connectivity index (χ1v) is 12.0. The second kappa shape index (κ2) is 7.37. The fourth-order valence-electron chi connectivity index (χ4n) is 7.07. The molecule has 158 valence electrons. The SMILES string of the molecule is C[C@]12CCC[C@@](C)(C=O)[C@@H]1CC[C@@]1(C3OCCO3)OC(Sc3ccccc3)C[C@H]21. The number of aldehydes is 1. The summed E-state index contributed by atoms with van der Waals surface area (Å²) in [5, 5.41) is 0. The molecule has 0 aromatic heterocycles. The third kappa shape index (κ3) is 3.12. The quantitative estimate of drug-likeness (QED) is 0.642. The fourth-order valence-corrected chi connectivity index (χ4v) is 8.20. The highest BCUT2D eigenvalue weighted by molar-refractivity contribution is 7.99. The highest BCUT2D eigenvalue weighted by Crippen LogP contribution is 2.67. The van der Waals surface area contributed by atoms with Crippen LogP contribution in [0.25, 0.3) is 0 Å². The van der Waals surface area contributed by atoms with Crippen molar-refractivity contribution in [3.8, 4) is 0 Å². The van der Waals surface area contributed by atoms with Crippen molar-refractivity contribution >= 4 is 18.0 Å². The molecule has 0 spiro atoms. The fraction of sp³-hybridized carbons (Fsp3) is 0.708. The Balaban J connectivity index is 1.49. The molecule has 0 radical (unpaired) electrons. The van der Waals surface area contributed by atoms with Crippen LogP contribution in [0.3, 0.4) is 0 Å². The maximum absolute atomic E-state index is 12.1. The van der Waals surface area contributed by atoms with Crippen molar-refractivity contribution in [3.63, 3.8) is 0 Å². The van der Waals surface area contributed by atoms with Gasteiger partial charge >= 0.3 is 0 Å². The van der Waals surface area contributed by atoms with Gasteiger partial charge in [0.25, 0.3) is 0 Å². The number of carbonyl (C=O) groups is 1. The molecule has 0 amide bonds. The molecule has 5 heteroatoms. The summed E-state index contributed by atoms with van der Waals surface area (Å²) in [4.78, 5) is 13.4. The maximum atomic E-state index is 12.1. The Bertz CT molecular complexity index is 751. The Morgan fingerprint density at radius 1 is 1.03 bits per heavy atom. The topological polar surface area (TPSA) is 44.8 Å². The molecule has 2 saturated heterocycles. The second-order valence-electron chi connectivity index (χ2n) is 9.87. The lowest BCUT2D eigenvalue weighted by atomic mass is 9.45. The van der Waals surface area contributed by atoms with Crippen molar-refractivity contribution in [2.45, 2.75) is 74.6 Å². The Labute approximate surface area is 178 Å². The van der Waals surface area contributed by atoms with Crippen molar-refractivity contribution in [1.29, 1.82) is 0 Å². The van der Waals surface area contributed by atoms with Gasteiger partial charge in [-0.1, -0.05) is 50.2 Å². The van der Waals surface area contributed by atoms with E-state index in [1.807, 2.05) is 11.8 Å². The van der Waals surface area contributed by atoms with Gasteiger partial charge < -0.3 is 19.0 Å². The lowest BCUT2D eigenvalue weighted by Crippen LogP contribution is -2.62. The molecule has 0 bridgehead atoms. The molecule has 6 atom stereocenters. The molecule has 4 fully saturated rings. The molecule has 2 aliphatic heterocycles. The predicted molar refractivity (Wildman–Crippen MR) is 113 cm³/mol. The van der Waals surface area contributed by atoms with E-state index in [1.54, 1.807) is 0 Å². The molecule has 0 N–H and O–H groups in total. The Hall–Kier alpha value is -0.880. The largest absolute Gasteiger partial charge is 0.355 e. The smallest absolute Gasteiger partial charge is 0.187 e. The molecular formula is C24H32O4S. The average molecular weight is 417 g/mol. The Morgan fingerprint density at radius 3 is 2.52 bits per heavy atom. The minimum absolute atomic E-state index is 0.0769. The number of thioether (sulfide) groups is 1. The van der Waals surface area contributed by atoms with E-state index in [-0.39, 0.29) is 22.6 Å². The van der Waals surface area contributed by atoms with Crippen LogP contribution < -0.4 is 0 Å². The first-order valence-electron chi connectivity index (χ1n) is 11.1.